The fourth-order valence-corrected chi connectivity index (χ4v) is 3.81. The molecule has 0 aliphatic rings. The van der Waals surface area contributed by atoms with E-state index in [9.17, 15) is 8.42 Å². The zero-order valence-electron chi connectivity index (χ0n) is 11.9. The van der Waals surface area contributed by atoms with E-state index in [1.807, 2.05) is 27.7 Å². The Morgan fingerprint density at radius 3 is 2.00 bits per heavy atom. The number of rotatable bonds is 6. The highest BCUT2D eigenvalue weighted by atomic mass is 35.5. The summed E-state index contributed by atoms with van der Waals surface area (Å²) in [5.74, 6) is 0.680. The Bertz CT molecular complexity index is 495. The van der Waals surface area contributed by atoms with Crippen LogP contribution in [0.1, 0.15) is 33.3 Å². The highest BCUT2D eigenvalue weighted by molar-refractivity contribution is 7.89. The molecule has 0 aliphatic heterocycles. The normalized spacial score (nSPS) is 12.6. The number of sulfonamides is 1. The minimum Gasteiger partial charge on any atom is -0.207 e. The predicted molar refractivity (Wildman–Crippen MR) is 79.9 cm³/mol. The molecule has 3 nitrogen and oxygen atoms in total. The monoisotopic (exact) mass is 303 g/mol. The van der Waals surface area contributed by atoms with Gasteiger partial charge in [0.25, 0.3) is 0 Å². The zero-order chi connectivity index (χ0) is 14.6. The Balaban J connectivity index is 3.11. The molecule has 5 heteroatoms. The maximum atomic E-state index is 12.6. The van der Waals surface area contributed by atoms with Crippen molar-refractivity contribution < 1.29 is 8.42 Å². The zero-order valence-corrected chi connectivity index (χ0v) is 13.5. The van der Waals surface area contributed by atoms with Crippen molar-refractivity contribution in [2.45, 2.75) is 44.5 Å². The first-order chi connectivity index (χ1) is 8.78. The summed E-state index contributed by atoms with van der Waals surface area (Å²) >= 11 is 5.72. The molecule has 0 fully saturated rings. The van der Waals surface area contributed by atoms with Crippen LogP contribution in [0.25, 0.3) is 0 Å². The summed E-state index contributed by atoms with van der Waals surface area (Å²) in [6.45, 7) is 8.35. The third-order valence-electron chi connectivity index (χ3n) is 2.81. The molecule has 0 unspecified atom stereocenters. The molecule has 0 saturated carbocycles. The fourth-order valence-electron chi connectivity index (χ4n) is 1.83. The van der Waals surface area contributed by atoms with Crippen LogP contribution in [0.4, 0.5) is 0 Å². The van der Waals surface area contributed by atoms with E-state index in [0.717, 1.165) is 5.56 Å². The van der Waals surface area contributed by atoms with Gasteiger partial charge in [-0.1, -0.05) is 26.0 Å². The molecule has 0 amide bonds. The summed E-state index contributed by atoms with van der Waals surface area (Å²) < 4.78 is 26.8. The molecule has 1 aromatic rings. The van der Waals surface area contributed by atoms with Gasteiger partial charge in [-0.05, 0) is 37.5 Å². The lowest BCUT2D eigenvalue weighted by molar-refractivity contribution is 0.319. The van der Waals surface area contributed by atoms with Gasteiger partial charge in [0.05, 0.1) is 4.90 Å². The Hall–Kier alpha value is -0.580. The van der Waals surface area contributed by atoms with Crippen LogP contribution in [0.2, 0.25) is 0 Å². The maximum absolute atomic E-state index is 12.6. The molecular weight excluding hydrogens is 282 g/mol. The summed E-state index contributed by atoms with van der Waals surface area (Å²) in [5.41, 5.74) is 0.917. The van der Waals surface area contributed by atoms with Crippen molar-refractivity contribution in [3.8, 4) is 0 Å². The van der Waals surface area contributed by atoms with Crippen molar-refractivity contribution in [2.75, 3.05) is 6.54 Å². The average molecular weight is 304 g/mol. The van der Waals surface area contributed by atoms with Crippen molar-refractivity contribution in [1.82, 2.24) is 4.31 Å². The van der Waals surface area contributed by atoms with Gasteiger partial charge in [-0.3, -0.25) is 0 Å². The quantitative estimate of drug-likeness (QED) is 0.755. The SMILES string of the molecule is CC(C)CN(C(C)C)S(=O)(=O)c1ccc(CCl)cc1. The lowest BCUT2D eigenvalue weighted by Gasteiger charge is -2.27. The van der Waals surface area contributed by atoms with Gasteiger partial charge in [0.15, 0.2) is 0 Å². The van der Waals surface area contributed by atoms with Gasteiger partial charge < -0.3 is 0 Å². The number of halogens is 1. The third kappa shape index (κ3) is 4.20. The Morgan fingerprint density at radius 1 is 1.11 bits per heavy atom. The van der Waals surface area contributed by atoms with E-state index >= 15 is 0 Å². The van der Waals surface area contributed by atoms with Crippen LogP contribution in [0.3, 0.4) is 0 Å². The molecule has 0 aliphatic carbocycles. The van der Waals surface area contributed by atoms with Crippen molar-refractivity contribution in [1.29, 1.82) is 0 Å². The molecule has 0 atom stereocenters. The van der Waals surface area contributed by atoms with Crippen molar-refractivity contribution >= 4 is 21.6 Å². The molecule has 0 saturated heterocycles. The minimum atomic E-state index is -3.43. The average Bonchev–Trinajstić information content (AvgIpc) is 2.35. The van der Waals surface area contributed by atoms with Gasteiger partial charge in [0.2, 0.25) is 10.0 Å². The molecule has 0 aromatic heterocycles. The van der Waals surface area contributed by atoms with Crippen LogP contribution in [0.5, 0.6) is 0 Å². The van der Waals surface area contributed by atoms with E-state index in [2.05, 4.69) is 0 Å². The second kappa shape index (κ2) is 6.73. The first-order valence-electron chi connectivity index (χ1n) is 6.45. The minimum absolute atomic E-state index is 0.0555. The van der Waals surface area contributed by atoms with Crippen molar-refractivity contribution in [3.63, 3.8) is 0 Å². The summed E-state index contributed by atoms with van der Waals surface area (Å²) in [5, 5.41) is 0. The topological polar surface area (TPSA) is 37.4 Å². The molecule has 1 aromatic carbocycles. The number of alkyl halides is 1. The van der Waals surface area contributed by atoms with Crippen LogP contribution in [-0.2, 0) is 15.9 Å². The van der Waals surface area contributed by atoms with E-state index < -0.39 is 10.0 Å². The van der Waals surface area contributed by atoms with Gasteiger partial charge in [-0.15, -0.1) is 11.6 Å². The summed E-state index contributed by atoms with van der Waals surface area (Å²) in [4.78, 5) is 0.329. The van der Waals surface area contributed by atoms with E-state index in [-0.39, 0.29) is 6.04 Å². The highest BCUT2D eigenvalue weighted by Crippen LogP contribution is 2.20. The van der Waals surface area contributed by atoms with Crippen molar-refractivity contribution in [3.05, 3.63) is 29.8 Å². The summed E-state index contributed by atoms with van der Waals surface area (Å²) in [7, 11) is -3.43. The smallest absolute Gasteiger partial charge is 0.207 e. The van der Waals surface area contributed by atoms with E-state index in [1.165, 1.54) is 0 Å². The van der Waals surface area contributed by atoms with E-state index in [0.29, 0.717) is 23.2 Å². The van der Waals surface area contributed by atoms with E-state index in [1.54, 1.807) is 28.6 Å². The first-order valence-corrected chi connectivity index (χ1v) is 8.43. The lowest BCUT2D eigenvalue weighted by atomic mass is 10.2. The molecule has 19 heavy (non-hydrogen) atoms. The first kappa shape index (κ1) is 16.5. The van der Waals surface area contributed by atoms with Gasteiger partial charge in [0, 0.05) is 18.5 Å². The molecule has 0 N–H and O–H groups in total. The van der Waals surface area contributed by atoms with Crippen LogP contribution in [0, 0.1) is 5.92 Å². The largest absolute Gasteiger partial charge is 0.243 e. The summed E-state index contributed by atoms with van der Waals surface area (Å²) in [6, 6.07) is 6.72. The molecule has 0 bridgehead atoms. The molecule has 1 rings (SSSR count). The van der Waals surface area contributed by atoms with Crippen LogP contribution < -0.4 is 0 Å². The van der Waals surface area contributed by atoms with Gasteiger partial charge in [-0.2, -0.15) is 4.31 Å². The van der Waals surface area contributed by atoms with E-state index in [4.69, 9.17) is 11.6 Å². The van der Waals surface area contributed by atoms with Crippen LogP contribution in [-0.4, -0.2) is 25.3 Å². The number of benzene rings is 1. The maximum Gasteiger partial charge on any atom is 0.243 e. The Labute approximate surface area is 121 Å². The molecule has 0 radical (unpaired) electrons. The van der Waals surface area contributed by atoms with Crippen molar-refractivity contribution in [2.24, 2.45) is 5.92 Å². The number of nitrogens with zero attached hydrogens (tertiary/aromatic N) is 1. The van der Waals surface area contributed by atoms with Gasteiger partial charge in [0.1, 0.15) is 0 Å². The number of hydrogen-bond acceptors (Lipinski definition) is 2. The molecule has 0 heterocycles. The third-order valence-corrected chi connectivity index (χ3v) is 5.17. The Morgan fingerprint density at radius 2 is 1.63 bits per heavy atom. The van der Waals surface area contributed by atoms with Crippen LogP contribution in [0.15, 0.2) is 29.2 Å². The second-order valence-corrected chi connectivity index (χ2v) is 7.50. The Kier molecular flexibility index (Phi) is 5.83. The molecule has 0 spiro atoms. The highest BCUT2D eigenvalue weighted by Gasteiger charge is 2.27. The van der Waals surface area contributed by atoms with Gasteiger partial charge >= 0.3 is 0 Å². The number of hydrogen-bond donors (Lipinski definition) is 0. The lowest BCUT2D eigenvalue weighted by Crippen LogP contribution is -2.39. The van der Waals surface area contributed by atoms with Gasteiger partial charge in [-0.25, -0.2) is 8.42 Å². The standard InChI is InChI=1S/C14H22ClNO2S/c1-11(2)10-16(12(3)4)19(17,18)14-7-5-13(9-15)6-8-14/h5-8,11-12H,9-10H2,1-4H3. The fraction of sp³-hybridized carbons (Fsp3) is 0.571. The molecular formula is C14H22ClNO2S. The molecule has 108 valence electrons. The van der Waals surface area contributed by atoms with Crippen LogP contribution >= 0.6 is 11.6 Å². The predicted octanol–water partition coefficient (Wildman–Crippen LogP) is 3.48. The second-order valence-electron chi connectivity index (χ2n) is 5.34. The summed E-state index contributed by atoms with van der Waals surface area (Å²) in [6.07, 6.45) is 0.